The molecule has 0 saturated carbocycles. The standard InChI is InChI=1S/C7H8N2O5/c10-5(7(12)13)4-6(11)14-9-3-1-2-8-9/h2H,1,3-4H2,(H,12,13). The Morgan fingerprint density at radius 2 is 2.21 bits per heavy atom. The van der Waals surface area contributed by atoms with E-state index in [9.17, 15) is 14.4 Å². The molecule has 7 nitrogen and oxygen atoms in total. The van der Waals surface area contributed by atoms with Crippen molar-refractivity contribution in [3.8, 4) is 0 Å². The Labute approximate surface area is 78.9 Å². The van der Waals surface area contributed by atoms with Crippen molar-refractivity contribution in [1.82, 2.24) is 5.17 Å². The maximum atomic E-state index is 10.9. The average Bonchev–Trinajstić information content (AvgIpc) is 2.56. The molecule has 0 radical (unpaired) electrons. The minimum atomic E-state index is -1.65. The number of rotatable bonds is 4. The molecule has 1 N–H and O–H groups in total. The number of hydroxylamine groups is 1. The Kier molecular flexibility index (Phi) is 3.16. The van der Waals surface area contributed by atoms with E-state index in [0.717, 1.165) is 5.17 Å². The van der Waals surface area contributed by atoms with Crippen LogP contribution >= 0.6 is 0 Å². The second kappa shape index (κ2) is 4.35. The maximum absolute atomic E-state index is 10.9. The first-order chi connectivity index (χ1) is 6.59. The van der Waals surface area contributed by atoms with Gasteiger partial charge in [0.1, 0.15) is 6.42 Å². The minimum absolute atomic E-state index is 0.424. The normalized spacial score (nSPS) is 14.1. The molecule has 0 spiro atoms. The van der Waals surface area contributed by atoms with E-state index in [1.165, 1.54) is 0 Å². The van der Waals surface area contributed by atoms with Crippen molar-refractivity contribution in [2.45, 2.75) is 12.8 Å². The summed E-state index contributed by atoms with van der Waals surface area (Å²) in [5, 5.41) is 12.8. The van der Waals surface area contributed by atoms with Gasteiger partial charge in [-0.15, -0.1) is 5.17 Å². The SMILES string of the molecule is O=C(CC(=O)C(=O)O)ON1CCC=N1. The van der Waals surface area contributed by atoms with Gasteiger partial charge in [0.05, 0.1) is 6.54 Å². The summed E-state index contributed by atoms with van der Waals surface area (Å²) in [4.78, 5) is 36.1. The summed E-state index contributed by atoms with van der Waals surface area (Å²) in [7, 11) is 0. The Bertz CT molecular complexity index is 298. The number of hydrogen-bond donors (Lipinski definition) is 1. The zero-order valence-corrected chi connectivity index (χ0v) is 7.17. The molecule has 0 amide bonds. The van der Waals surface area contributed by atoms with E-state index >= 15 is 0 Å². The third-order valence-corrected chi connectivity index (χ3v) is 1.41. The number of carbonyl (C=O) groups is 3. The van der Waals surface area contributed by atoms with E-state index in [-0.39, 0.29) is 0 Å². The second-order valence-electron chi connectivity index (χ2n) is 2.53. The van der Waals surface area contributed by atoms with Gasteiger partial charge in [0, 0.05) is 12.6 Å². The van der Waals surface area contributed by atoms with Gasteiger partial charge in [-0.05, 0) is 0 Å². The first kappa shape index (κ1) is 10.2. The molecule has 0 fully saturated rings. The highest BCUT2D eigenvalue weighted by molar-refractivity contribution is 6.35. The van der Waals surface area contributed by atoms with E-state index in [1.807, 2.05) is 0 Å². The zero-order valence-electron chi connectivity index (χ0n) is 7.17. The molecule has 1 aliphatic heterocycles. The number of nitrogens with zero attached hydrogens (tertiary/aromatic N) is 2. The van der Waals surface area contributed by atoms with Gasteiger partial charge >= 0.3 is 11.9 Å². The van der Waals surface area contributed by atoms with Crippen LogP contribution in [0.15, 0.2) is 5.10 Å². The van der Waals surface area contributed by atoms with Crippen LogP contribution < -0.4 is 0 Å². The van der Waals surface area contributed by atoms with Gasteiger partial charge in [-0.2, -0.15) is 5.10 Å². The lowest BCUT2D eigenvalue weighted by Gasteiger charge is -2.11. The maximum Gasteiger partial charge on any atom is 0.372 e. The van der Waals surface area contributed by atoms with Crippen molar-refractivity contribution in [3.63, 3.8) is 0 Å². The Hall–Kier alpha value is -1.92. The molecule has 0 atom stereocenters. The van der Waals surface area contributed by atoms with Crippen molar-refractivity contribution < 1.29 is 24.3 Å². The number of Topliss-reactive ketones (excluding diaryl/α,β-unsaturated/α-hetero) is 1. The van der Waals surface area contributed by atoms with E-state index in [1.54, 1.807) is 6.21 Å². The molecule has 0 unspecified atom stereocenters. The predicted molar refractivity (Wildman–Crippen MR) is 43.2 cm³/mol. The molecule has 0 aromatic rings. The van der Waals surface area contributed by atoms with Crippen LogP contribution in [0.4, 0.5) is 0 Å². The Morgan fingerprint density at radius 1 is 1.50 bits per heavy atom. The van der Waals surface area contributed by atoms with E-state index < -0.39 is 24.1 Å². The highest BCUT2D eigenvalue weighted by Crippen LogP contribution is 2.02. The number of hydrazone groups is 1. The van der Waals surface area contributed by atoms with Gasteiger partial charge < -0.3 is 9.94 Å². The molecule has 14 heavy (non-hydrogen) atoms. The monoisotopic (exact) mass is 200 g/mol. The molecule has 1 heterocycles. The lowest BCUT2D eigenvalue weighted by Crippen LogP contribution is -2.24. The Morgan fingerprint density at radius 3 is 2.71 bits per heavy atom. The molecular weight excluding hydrogens is 192 g/mol. The molecule has 0 aliphatic carbocycles. The quantitative estimate of drug-likeness (QED) is 0.470. The lowest BCUT2D eigenvalue weighted by atomic mass is 10.3. The van der Waals surface area contributed by atoms with Crippen LogP contribution in [-0.4, -0.2) is 40.8 Å². The molecule has 0 aromatic carbocycles. The predicted octanol–water partition coefficient (Wildman–Crippen LogP) is -0.820. The molecule has 0 bridgehead atoms. The lowest BCUT2D eigenvalue weighted by molar-refractivity contribution is -0.189. The van der Waals surface area contributed by atoms with Crippen molar-refractivity contribution in [2.24, 2.45) is 5.10 Å². The highest BCUT2D eigenvalue weighted by atomic mass is 16.7. The first-order valence-electron chi connectivity index (χ1n) is 3.86. The number of aliphatic carboxylic acids is 1. The van der Waals surface area contributed by atoms with Crippen molar-refractivity contribution >= 4 is 23.9 Å². The second-order valence-corrected chi connectivity index (χ2v) is 2.53. The fourth-order valence-corrected chi connectivity index (χ4v) is 0.800. The number of ketones is 1. The minimum Gasteiger partial charge on any atom is -0.475 e. The van der Waals surface area contributed by atoms with Gasteiger partial charge in [0.25, 0.3) is 5.78 Å². The summed E-state index contributed by atoms with van der Waals surface area (Å²) in [5.74, 6) is -3.76. The highest BCUT2D eigenvalue weighted by Gasteiger charge is 2.20. The molecule has 1 aliphatic rings. The molecule has 7 heteroatoms. The summed E-state index contributed by atoms with van der Waals surface area (Å²) in [6.07, 6.45) is 1.42. The third kappa shape index (κ3) is 2.85. The van der Waals surface area contributed by atoms with Gasteiger partial charge in [0.2, 0.25) is 0 Å². The van der Waals surface area contributed by atoms with Crippen LogP contribution in [-0.2, 0) is 19.2 Å². The molecule has 0 aromatic heterocycles. The number of carboxylic acids is 1. The summed E-state index contributed by atoms with van der Waals surface area (Å²) in [6, 6.07) is 0. The van der Waals surface area contributed by atoms with Gasteiger partial charge in [0.15, 0.2) is 0 Å². The summed E-state index contributed by atoms with van der Waals surface area (Å²) >= 11 is 0. The zero-order chi connectivity index (χ0) is 10.6. The van der Waals surface area contributed by atoms with Gasteiger partial charge in [-0.3, -0.25) is 4.79 Å². The van der Waals surface area contributed by atoms with Gasteiger partial charge in [-0.1, -0.05) is 0 Å². The first-order valence-corrected chi connectivity index (χ1v) is 3.86. The average molecular weight is 200 g/mol. The number of carbonyl (C=O) groups excluding carboxylic acids is 2. The van der Waals surface area contributed by atoms with Crippen LogP contribution in [0.3, 0.4) is 0 Å². The van der Waals surface area contributed by atoms with Crippen LogP contribution in [0.1, 0.15) is 12.8 Å². The van der Waals surface area contributed by atoms with E-state index in [2.05, 4.69) is 9.94 Å². The van der Waals surface area contributed by atoms with E-state index in [4.69, 9.17) is 5.11 Å². The Balaban J connectivity index is 2.32. The van der Waals surface area contributed by atoms with Crippen molar-refractivity contribution in [2.75, 3.05) is 6.54 Å². The molecular formula is C7H8N2O5. The molecule has 76 valence electrons. The van der Waals surface area contributed by atoms with Crippen molar-refractivity contribution in [1.29, 1.82) is 0 Å². The topological polar surface area (TPSA) is 96.3 Å². The van der Waals surface area contributed by atoms with Crippen LogP contribution in [0, 0.1) is 0 Å². The van der Waals surface area contributed by atoms with Crippen molar-refractivity contribution in [3.05, 3.63) is 0 Å². The summed E-state index contributed by atoms with van der Waals surface area (Å²) in [6.45, 7) is 0.424. The largest absolute Gasteiger partial charge is 0.475 e. The molecule has 1 rings (SSSR count). The van der Waals surface area contributed by atoms with Crippen LogP contribution in [0.5, 0.6) is 0 Å². The van der Waals surface area contributed by atoms with Gasteiger partial charge in [-0.25, -0.2) is 9.59 Å². The number of carboxylic acid groups (broad SMARTS) is 1. The third-order valence-electron chi connectivity index (χ3n) is 1.41. The fraction of sp³-hybridized carbons (Fsp3) is 0.429. The van der Waals surface area contributed by atoms with Crippen LogP contribution in [0.2, 0.25) is 0 Å². The summed E-state index contributed by atoms with van der Waals surface area (Å²) < 4.78 is 0. The number of hydrogen-bond acceptors (Lipinski definition) is 6. The smallest absolute Gasteiger partial charge is 0.372 e. The van der Waals surface area contributed by atoms with Crippen LogP contribution in [0.25, 0.3) is 0 Å². The fourth-order valence-electron chi connectivity index (χ4n) is 0.800. The molecule has 0 saturated heterocycles. The van der Waals surface area contributed by atoms with E-state index in [0.29, 0.717) is 13.0 Å². The summed E-state index contributed by atoms with van der Waals surface area (Å²) in [5.41, 5.74) is 0.